The van der Waals surface area contributed by atoms with Crippen LogP contribution >= 0.6 is 0 Å². The molecule has 3 rings (SSSR count). The minimum atomic E-state index is -0.524. The number of nitrogens with zero attached hydrogens (tertiary/aromatic N) is 1. The number of rotatable bonds is 8. The number of carbonyl (C=O) groups excluding carboxylic acids is 1. The van der Waals surface area contributed by atoms with E-state index in [1.165, 1.54) is 29.3 Å². The first-order valence-electron chi connectivity index (χ1n) is 10.3. The van der Waals surface area contributed by atoms with Crippen molar-refractivity contribution in [3.8, 4) is 16.9 Å². The molecular weight excluding hydrogens is 389 g/mol. The largest absolute Gasteiger partial charge is 0.492 e. The molecule has 0 unspecified atom stereocenters. The van der Waals surface area contributed by atoms with Gasteiger partial charge in [0.05, 0.1) is 5.56 Å². The van der Waals surface area contributed by atoms with Crippen LogP contribution in [0.2, 0.25) is 0 Å². The molecule has 0 spiro atoms. The van der Waals surface area contributed by atoms with Gasteiger partial charge in [-0.05, 0) is 75.5 Å². The van der Waals surface area contributed by atoms with Crippen LogP contribution in [0.5, 0.6) is 5.75 Å². The first-order valence-corrected chi connectivity index (χ1v) is 10.3. The van der Waals surface area contributed by atoms with Gasteiger partial charge in [-0.1, -0.05) is 47.5 Å². The summed E-state index contributed by atoms with van der Waals surface area (Å²) in [5, 5.41) is 0. The van der Waals surface area contributed by atoms with Crippen LogP contribution in [-0.2, 0) is 0 Å². The van der Waals surface area contributed by atoms with Crippen molar-refractivity contribution >= 4 is 11.9 Å². The van der Waals surface area contributed by atoms with Crippen molar-refractivity contribution in [1.29, 1.82) is 0 Å². The molecule has 3 aromatic carbocycles. The van der Waals surface area contributed by atoms with Crippen LogP contribution in [0.4, 0.5) is 4.39 Å². The van der Waals surface area contributed by atoms with E-state index in [-0.39, 0.29) is 11.3 Å². The summed E-state index contributed by atoms with van der Waals surface area (Å²) in [6.07, 6.45) is 3.10. The highest BCUT2D eigenvalue weighted by atomic mass is 19.1. The summed E-state index contributed by atoms with van der Waals surface area (Å²) >= 11 is 0. The predicted molar refractivity (Wildman–Crippen MR) is 125 cm³/mol. The molecule has 0 N–H and O–H groups in total. The lowest BCUT2D eigenvalue weighted by Gasteiger charge is -2.14. The molecule has 0 radical (unpaired) electrons. The van der Waals surface area contributed by atoms with Crippen LogP contribution in [0.1, 0.15) is 27.0 Å². The summed E-state index contributed by atoms with van der Waals surface area (Å²) in [6, 6.07) is 18.4. The predicted octanol–water partition coefficient (Wildman–Crippen LogP) is 5.95. The lowest BCUT2D eigenvalue weighted by atomic mass is 9.98. The summed E-state index contributed by atoms with van der Waals surface area (Å²) < 4.78 is 19.9. The minimum absolute atomic E-state index is 0.0549. The Morgan fingerprint density at radius 2 is 1.68 bits per heavy atom. The maximum Gasteiger partial charge on any atom is 0.188 e. The molecule has 0 fully saturated rings. The van der Waals surface area contributed by atoms with Gasteiger partial charge in [-0.15, -0.1) is 0 Å². The summed E-state index contributed by atoms with van der Waals surface area (Å²) in [4.78, 5) is 14.6. The molecule has 3 nitrogen and oxygen atoms in total. The summed E-state index contributed by atoms with van der Waals surface area (Å²) in [6.45, 7) is 5.44. The lowest BCUT2D eigenvalue weighted by Crippen LogP contribution is -2.19. The zero-order valence-corrected chi connectivity index (χ0v) is 18.5. The van der Waals surface area contributed by atoms with Gasteiger partial charge in [0.1, 0.15) is 18.2 Å². The number of ketones is 1. The van der Waals surface area contributed by atoms with Gasteiger partial charge in [0.25, 0.3) is 0 Å². The number of aryl methyl sites for hydroxylation is 2. The Kier molecular flexibility index (Phi) is 7.37. The first-order chi connectivity index (χ1) is 14.8. The molecular formula is C27H28FNO2. The van der Waals surface area contributed by atoms with Crippen LogP contribution in [0.25, 0.3) is 17.2 Å². The molecule has 0 aliphatic rings. The Labute approximate surface area is 183 Å². The number of ether oxygens (including phenoxy) is 1. The molecule has 3 aromatic rings. The maximum atomic E-state index is 14.0. The van der Waals surface area contributed by atoms with Crippen molar-refractivity contribution in [2.24, 2.45) is 0 Å². The topological polar surface area (TPSA) is 29.5 Å². The Hall–Kier alpha value is -3.24. The Morgan fingerprint density at radius 3 is 2.35 bits per heavy atom. The van der Waals surface area contributed by atoms with E-state index in [0.29, 0.717) is 12.4 Å². The van der Waals surface area contributed by atoms with Crippen LogP contribution in [0.15, 0.2) is 66.7 Å². The smallest absolute Gasteiger partial charge is 0.188 e. The Bertz CT molecular complexity index is 1080. The van der Waals surface area contributed by atoms with E-state index in [2.05, 4.69) is 32.0 Å². The van der Waals surface area contributed by atoms with Gasteiger partial charge in [0.2, 0.25) is 0 Å². The zero-order chi connectivity index (χ0) is 22.4. The number of hydrogen-bond donors (Lipinski definition) is 0. The third-order valence-electron chi connectivity index (χ3n) is 4.91. The number of carbonyl (C=O) groups is 1. The summed E-state index contributed by atoms with van der Waals surface area (Å²) in [7, 11) is 3.97. The molecule has 4 heteroatoms. The fourth-order valence-corrected chi connectivity index (χ4v) is 3.39. The van der Waals surface area contributed by atoms with Crippen LogP contribution < -0.4 is 4.74 Å². The molecule has 31 heavy (non-hydrogen) atoms. The maximum absolute atomic E-state index is 14.0. The zero-order valence-electron chi connectivity index (χ0n) is 18.5. The van der Waals surface area contributed by atoms with Gasteiger partial charge < -0.3 is 9.64 Å². The van der Waals surface area contributed by atoms with Gasteiger partial charge in [-0.3, -0.25) is 4.79 Å². The third kappa shape index (κ3) is 6.12. The number of allylic oxidation sites excluding steroid dienone is 1. The number of likely N-dealkylation sites (N-methyl/N-ethyl adjacent to an activating group) is 1. The van der Waals surface area contributed by atoms with Crippen LogP contribution in [0.3, 0.4) is 0 Å². The average Bonchev–Trinajstić information content (AvgIpc) is 2.72. The van der Waals surface area contributed by atoms with E-state index in [1.807, 2.05) is 37.2 Å². The lowest BCUT2D eigenvalue weighted by molar-refractivity contribution is 0.104. The van der Waals surface area contributed by atoms with Crippen LogP contribution in [0, 0.1) is 19.7 Å². The van der Waals surface area contributed by atoms with E-state index in [4.69, 9.17) is 4.74 Å². The molecule has 0 aliphatic carbocycles. The second-order valence-electron chi connectivity index (χ2n) is 7.96. The van der Waals surface area contributed by atoms with E-state index in [1.54, 1.807) is 18.2 Å². The molecule has 0 heterocycles. The van der Waals surface area contributed by atoms with Crippen LogP contribution in [-0.4, -0.2) is 37.9 Å². The highest BCUT2D eigenvalue weighted by molar-refractivity contribution is 6.07. The average molecular weight is 418 g/mol. The minimum Gasteiger partial charge on any atom is -0.492 e. The van der Waals surface area contributed by atoms with Gasteiger partial charge in [-0.25, -0.2) is 4.39 Å². The molecule has 0 saturated carbocycles. The number of hydrogen-bond acceptors (Lipinski definition) is 3. The van der Waals surface area contributed by atoms with Crippen molar-refractivity contribution in [1.82, 2.24) is 4.90 Å². The third-order valence-corrected chi connectivity index (χ3v) is 4.91. The molecule has 0 aliphatic heterocycles. The fourth-order valence-electron chi connectivity index (χ4n) is 3.39. The standard InChI is InChI=1S/C27H28FNO2/c1-19-15-20(2)17-23(16-19)21-10-12-27(31-14-13-29(3)4)22(18-21)9-11-26(30)24-7-5-6-8-25(24)28/h5-12,15-18H,13-14H2,1-4H3. The van der Waals surface area contributed by atoms with Crippen molar-refractivity contribution in [2.45, 2.75) is 13.8 Å². The SMILES string of the molecule is Cc1cc(C)cc(-c2ccc(OCCN(C)C)c(C=CC(=O)c3ccccc3F)c2)c1. The Morgan fingerprint density at radius 1 is 0.968 bits per heavy atom. The van der Waals surface area contributed by atoms with E-state index >= 15 is 0 Å². The first kappa shape index (κ1) is 22.4. The molecule has 0 saturated heterocycles. The molecule has 0 atom stereocenters. The quantitative estimate of drug-likeness (QED) is 0.335. The van der Waals surface area contributed by atoms with Crippen molar-refractivity contribution in [3.05, 3.63) is 94.8 Å². The normalized spacial score (nSPS) is 11.3. The van der Waals surface area contributed by atoms with Crippen molar-refractivity contribution in [2.75, 3.05) is 27.2 Å². The molecule has 160 valence electrons. The van der Waals surface area contributed by atoms with Gasteiger partial charge in [0.15, 0.2) is 5.78 Å². The molecule has 0 aromatic heterocycles. The van der Waals surface area contributed by atoms with Gasteiger partial charge >= 0.3 is 0 Å². The van der Waals surface area contributed by atoms with Gasteiger partial charge in [-0.2, -0.15) is 0 Å². The number of benzene rings is 3. The number of halogens is 1. The summed E-state index contributed by atoms with van der Waals surface area (Å²) in [5.74, 6) is -0.217. The van der Waals surface area contributed by atoms with Gasteiger partial charge in [0, 0.05) is 12.1 Å². The molecule has 0 bridgehead atoms. The second kappa shape index (κ2) is 10.2. The van der Waals surface area contributed by atoms with Crippen molar-refractivity contribution < 1.29 is 13.9 Å². The van der Waals surface area contributed by atoms with Crippen molar-refractivity contribution in [3.63, 3.8) is 0 Å². The fraction of sp³-hybridized carbons (Fsp3) is 0.222. The molecule has 0 amide bonds. The second-order valence-corrected chi connectivity index (χ2v) is 7.96. The van der Waals surface area contributed by atoms with E-state index < -0.39 is 5.82 Å². The van der Waals surface area contributed by atoms with E-state index in [0.717, 1.165) is 23.2 Å². The summed E-state index contributed by atoms with van der Waals surface area (Å²) in [5.41, 5.74) is 5.35. The van der Waals surface area contributed by atoms with E-state index in [9.17, 15) is 9.18 Å². The highest BCUT2D eigenvalue weighted by Crippen LogP contribution is 2.29. The monoisotopic (exact) mass is 417 g/mol. The Balaban J connectivity index is 1.95. The highest BCUT2D eigenvalue weighted by Gasteiger charge is 2.10.